The topological polar surface area (TPSA) is 32.6 Å². The number of hydrogen-bond acceptors (Lipinski definition) is 3. The summed E-state index contributed by atoms with van der Waals surface area (Å²) >= 11 is 0. The van der Waals surface area contributed by atoms with Crippen LogP contribution in [0.2, 0.25) is 0 Å². The molecule has 1 unspecified atom stereocenters. The van der Waals surface area contributed by atoms with Crippen LogP contribution in [-0.2, 0) is 6.54 Å². The number of pyridine rings is 1. The predicted molar refractivity (Wildman–Crippen MR) is 87.8 cm³/mol. The Balaban J connectivity index is 1.93. The first-order valence-electron chi connectivity index (χ1n) is 8.12. The van der Waals surface area contributed by atoms with E-state index in [9.17, 15) is 0 Å². The minimum atomic E-state index is 0.569. The number of anilines is 1. The van der Waals surface area contributed by atoms with Crippen molar-refractivity contribution in [2.45, 2.75) is 45.7 Å². The van der Waals surface area contributed by atoms with Gasteiger partial charge in [-0.1, -0.05) is 13.0 Å². The van der Waals surface area contributed by atoms with Gasteiger partial charge in [0.2, 0.25) is 0 Å². The number of fused-ring (bicyclic) bond motifs is 1. The minimum absolute atomic E-state index is 0.569. The minimum Gasteiger partial charge on any atom is -0.355 e. The SMILES string of the molecule is CCCNCc1c(N(C)C(C)C2CC2)nc2ccccn12. The smallest absolute Gasteiger partial charge is 0.152 e. The summed E-state index contributed by atoms with van der Waals surface area (Å²) in [6.07, 6.45) is 6.00. The van der Waals surface area contributed by atoms with E-state index in [1.165, 1.54) is 18.5 Å². The average Bonchev–Trinajstić information content (AvgIpc) is 3.29. The van der Waals surface area contributed by atoms with Crippen LogP contribution in [0.5, 0.6) is 0 Å². The molecule has 2 aromatic rings. The lowest BCUT2D eigenvalue weighted by molar-refractivity contribution is 0.597. The number of rotatable bonds is 7. The Labute approximate surface area is 127 Å². The largest absolute Gasteiger partial charge is 0.355 e. The molecular formula is C17H26N4. The summed E-state index contributed by atoms with van der Waals surface area (Å²) in [5.41, 5.74) is 2.31. The molecule has 0 bridgehead atoms. The monoisotopic (exact) mass is 286 g/mol. The quantitative estimate of drug-likeness (QED) is 0.794. The zero-order chi connectivity index (χ0) is 14.8. The Bertz CT molecular complexity index is 600. The first-order valence-corrected chi connectivity index (χ1v) is 8.12. The van der Waals surface area contributed by atoms with E-state index in [0.29, 0.717) is 6.04 Å². The van der Waals surface area contributed by atoms with Crippen molar-refractivity contribution >= 4 is 11.5 Å². The number of nitrogens with one attached hydrogen (secondary N) is 1. The molecule has 1 aliphatic carbocycles. The van der Waals surface area contributed by atoms with Gasteiger partial charge in [-0.2, -0.15) is 0 Å². The van der Waals surface area contributed by atoms with Crippen molar-refractivity contribution in [1.29, 1.82) is 0 Å². The highest BCUT2D eigenvalue weighted by atomic mass is 15.2. The highest BCUT2D eigenvalue weighted by molar-refractivity contribution is 5.56. The second kappa shape index (κ2) is 6.06. The van der Waals surface area contributed by atoms with Crippen LogP contribution in [0.25, 0.3) is 5.65 Å². The van der Waals surface area contributed by atoms with Crippen LogP contribution < -0.4 is 10.2 Å². The van der Waals surface area contributed by atoms with Crippen molar-refractivity contribution in [3.05, 3.63) is 30.1 Å². The average molecular weight is 286 g/mol. The zero-order valence-electron chi connectivity index (χ0n) is 13.3. The maximum absolute atomic E-state index is 4.87. The fourth-order valence-electron chi connectivity index (χ4n) is 2.95. The lowest BCUT2D eigenvalue weighted by atomic mass is 10.2. The molecule has 2 aromatic heterocycles. The molecule has 2 heterocycles. The van der Waals surface area contributed by atoms with E-state index in [1.54, 1.807) is 0 Å². The highest BCUT2D eigenvalue weighted by Gasteiger charge is 2.32. The van der Waals surface area contributed by atoms with Crippen LogP contribution in [0.15, 0.2) is 24.4 Å². The van der Waals surface area contributed by atoms with Gasteiger partial charge in [0.05, 0.1) is 5.69 Å². The molecule has 0 aromatic carbocycles. The number of hydrogen-bond donors (Lipinski definition) is 1. The van der Waals surface area contributed by atoms with E-state index in [1.807, 2.05) is 0 Å². The molecule has 4 nitrogen and oxygen atoms in total. The molecule has 114 valence electrons. The van der Waals surface area contributed by atoms with Crippen LogP contribution in [0.1, 0.15) is 38.8 Å². The van der Waals surface area contributed by atoms with Gasteiger partial charge in [-0.05, 0) is 50.8 Å². The lowest BCUT2D eigenvalue weighted by Gasteiger charge is -2.26. The fraction of sp³-hybridized carbons (Fsp3) is 0.588. The second-order valence-corrected chi connectivity index (χ2v) is 6.18. The summed E-state index contributed by atoms with van der Waals surface area (Å²) in [5.74, 6) is 1.97. The van der Waals surface area contributed by atoms with Crippen LogP contribution in [0.3, 0.4) is 0 Å². The number of imidazole rings is 1. The Morgan fingerprint density at radius 3 is 2.95 bits per heavy atom. The summed E-state index contributed by atoms with van der Waals surface area (Å²) in [4.78, 5) is 7.24. The first-order chi connectivity index (χ1) is 10.2. The van der Waals surface area contributed by atoms with Crippen molar-refractivity contribution in [2.24, 2.45) is 5.92 Å². The first kappa shape index (κ1) is 14.4. The summed E-state index contributed by atoms with van der Waals surface area (Å²) in [7, 11) is 2.19. The van der Waals surface area contributed by atoms with Crippen LogP contribution in [-0.4, -0.2) is 29.0 Å². The number of aromatic nitrogens is 2. The van der Waals surface area contributed by atoms with Crippen LogP contribution in [0, 0.1) is 5.92 Å². The fourth-order valence-corrected chi connectivity index (χ4v) is 2.95. The van der Waals surface area contributed by atoms with E-state index in [2.05, 4.69) is 59.9 Å². The lowest BCUT2D eigenvalue weighted by Crippen LogP contribution is -2.32. The van der Waals surface area contributed by atoms with E-state index < -0.39 is 0 Å². The third kappa shape index (κ3) is 2.91. The number of nitrogens with zero attached hydrogens (tertiary/aromatic N) is 3. The molecule has 0 aliphatic heterocycles. The van der Waals surface area contributed by atoms with Crippen molar-refractivity contribution < 1.29 is 0 Å². The molecule has 1 fully saturated rings. The molecule has 0 amide bonds. The normalized spacial score (nSPS) is 16.3. The van der Waals surface area contributed by atoms with Crippen molar-refractivity contribution in [3.63, 3.8) is 0 Å². The Hall–Kier alpha value is -1.55. The van der Waals surface area contributed by atoms with Crippen LogP contribution in [0.4, 0.5) is 5.82 Å². The molecule has 4 heteroatoms. The van der Waals surface area contributed by atoms with E-state index >= 15 is 0 Å². The highest BCUT2D eigenvalue weighted by Crippen LogP contribution is 2.36. The van der Waals surface area contributed by atoms with Gasteiger partial charge in [0.25, 0.3) is 0 Å². The van der Waals surface area contributed by atoms with Gasteiger partial charge >= 0.3 is 0 Å². The molecule has 3 rings (SSSR count). The summed E-state index contributed by atoms with van der Waals surface area (Å²) < 4.78 is 2.22. The van der Waals surface area contributed by atoms with Gasteiger partial charge in [-0.3, -0.25) is 0 Å². The molecule has 0 saturated heterocycles. The van der Waals surface area contributed by atoms with Gasteiger partial charge in [0.15, 0.2) is 5.82 Å². The molecule has 1 aliphatic rings. The standard InChI is InChI=1S/C17H26N4/c1-4-10-18-12-15-17(20(3)13(2)14-8-9-14)19-16-7-5-6-11-21(15)16/h5-7,11,13-14,18H,4,8-10,12H2,1-3H3. The van der Waals surface area contributed by atoms with Gasteiger partial charge in [-0.25, -0.2) is 4.98 Å². The third-order valence-corrected chi connectivity index (χ3v) is 4.58. The molecular weight excluding hydrogens is 260 g/mol. The van der Waals surface area contributed by atoms with Gasteiger partial charge in [-0.15, -0.1) is 0 Å². The molecule has 1 N–H and O–H groups in total. The molecule has 0 radical (unpaired) electrons. The summed E-state index contributed by atoms with van der Waals surface area (Å²) in [5, 5.41) is 3.52. The summed E-state index contributed by atoms with van der Waals surface area (Å²) in [6.45, 7) is 6.44. The Kier molecular flexibility index (Phi) is 4.15. The van der Waals surface area contributed by atoms with Crippen LogP contribution >= 0.6 is 0 Å². The maximum Gasteiger partial charge on any atom is 0.152 e. The Morgan fingerprint density at radius 2 is 2.24 bits per heavy atom. The maximum atomic E-state index is 4.87. The Morgan fingerprint density at radius 1 is 1.43 bits per heavy atom. The molecule has 0 spiro atoms. The van der Waals surface area contributed by atoms with Crippen molar-refractivity contribution in [3.8, 4) is 0 Å². The van der Waals surface area contributed by atoms with E-state index in [0.717, 1.165) is 36.9 Å². The van der Waals surface area contributed by atoms with Gasteiger partial charge in [0, 0.05) is 25.8 Å². The summed E-state index contributed by atoms with van der Waals surface area (Å²) in [6, 6.07) is 6.79. The van der Waals surface area contributed by atoms with E-state index in [-0.39, 0.29) is 0 Å². The van der Waals surface area contributed by atoms with Gasteiger partial charge in [0.1, 0.15) is 5.65 Å². The van der Waals surface area contributed by atoms with Gasteiger partial charge < -0.3 is 14.6 Å². The second-order valence-electron chi connectivity index (χ2n) is 6.18. The molecule has 1 atom stereocenters. The molecule has 1 saturated carbocycles. The predicted octanol–water partition coefficient (Wildman–Crippen LogP) is 3.07. The molecule has 21 heavy (non-hydrogen) atoms. The van der Waals surface area contributed by atoms with Crippen molar-refractivity contribution in [1.82, 2.24) is 14.7 Å². The third-order valence-electron chi connectivity index (χ3n) is 4.58. The van der Waals surface area contributed by atoms with Crippen molar-refractivity contribution in [2.75, 3.05) is 18.5 Å². The zero-order valence-corrected chi connectivity index (χ0v) is 13.3. The van der Waals surface area contributed by atoms with E-state index in [4.69, 9.17) is 4.98 Å².